The van der Waals surface area contributed by atoms with Crippen molar-refractivity contribution in [3.63, 3.8) is 0 Å². The first-order valence-electron chi connectivity index (χ1n) is 9.59. The van der Waals surface area contributed by atoms with Crippen molar-refractivity contribution in [2.45, 2.75) is 19.3 Å². The summed E-state index contributed by atoms with van der Waals surface area (Å²) in [5.74, 6) is 0. The minimum Gasteiger partial charge on any atom is -1.00 e. The number of allylic oxidation sites excluding steroid dienone is 1. The van der Waals surface area contributed by atoms with E-state index in [1.807, 2.05) is 24.3 Å². The van der Waals surface area contributed by atoms with Crippen molar-refractivity contribution >= 4 is 39.5 Å². The molecule has 2 heterocycles. The summed E-state index contributed by atoms with van der Waals surface area (Å²) < 4.78 is 2.29. The van der Waals surface area contributed by atoms with Crippen molar-refractivity contribution in [2.75, 3.05) is 7.05 Å². The Morgan fingerprint density at radius 1 is 0.759 bits per heavy atom. The summed E-state index contributed by atoms with van der Waals surface area (Å²) in [5, 5.41) is 0. The molecule has 0 atom stereocenters. The van der Waals surface area contributed by atoms with Crippen molar-refractivity contribution in [1.29, 1.82) is 0 Å². The highest BCUT2D eigenvalue weighted by Crippen LogP contribution is 2.39. The number of hydrogen-bond acceptors (Lipinski definition) is 2. The van der Waals surface area contributed by atoms with E-state index in [1.165, 1.54) is 17.0 Å². The zero-order valence-electron chi connectivity index (χ0n) is 16.7. The molecular formula is C25H22IN3. The third-order valence-corrected chi connectivity index (χ3v) is 5.74. The molecule has 1 aliphatic rings. The van der Waals surface area contributed by atoms with E-state index < -0.39 is 0 Å². The van der Waals surface area contributed by atoms with Crippen LogP contribution in [-0.4, -0.2) is 27.3 Å². The van der Waals surface area contributed by atoms with Crippen LogP contribution in [0.15, 0.2) is 72.8 Å². The molecule has 0 spiro atoms. The highest BCUT2D eigenvalue weighted by atomic mass is 127. The molecule has 3 nitrogen and oxygen atoms in total. The summed E-state index contributed by atoms with van der Waals surface area (Å²) in [7, 11) is 2.14. The molecule has 5 rings (SSSR count). The van der Waals surface area contributed by atoms with Crippen LogP contribution in [0.1, 0.15) is 25.0 Å². The summed E-state index contributed by atoms with van der Waals surface area (Å²) in [5.41, 5.74) is 8.76. The third kappa shape index (κ3) is 3.25. The molecule has 0 unspecified atom stereocenters. The van der Waals surface area contributed by atoms with Gasteiger partial charge in [-0.05, 0) is 49.8 Å². The van der Waals surface area contributed by atoms with Gasteiger partial charge in [-0.15, -0.1) is 0 Å². The number of rotatable bonds is 2. The first kappa shape index (κ1) is 19.7. The minimum absolute atomic E-state index is 0. The zero-order valence-corrected chi connectivity index (χ0v) is 18.9. The lowest BCUT2D eigenvalue weighted by Gasteiger charge is -2.15. The van der Waals surface area contributed by atoms with E-state index in [4.69, 9.17) is 9.97 Å². The first-order valence-corrected chi connectivity index (χ1v) is 9.59. The van der Waals surface area contributed by atoms with Gasteiger partial charge in [0.25, 0.3) is 0 Å². The second kappa shape index (κ2) is 7.34. The van der Waals surface area contributed by atoms with Crippen LogP contribution in [0.5, 0.6) is 0 Å². The van der Waals surface area contributed by atoms with Gasteiger partial charge >= 0.3 is 0 Å². The van der Waals surface area contributed by atoms with Crippen LogP contribution in [0.4, 0.5) is 5.69 Å². The maximum Gasteiger partial charge on any atom is 0.209 e. The number of nitrogens with zero attached hydrogens (tertiary/aromatic N) is 3. The van der Waals surface area contributed by atoms with E-state index in [1.54, 1.807) is 0 Å². The van der Waals surface area contributed by atoms with Crippen molar-refractivity contribution < 1.29 is 28.6 Å². The fourth-order valence-corrected chi connectivity index (χ4v) is 4.22. The van der Waals surface area contributed by atoms with Crippen LogP contribution in [-0.2, 0) is 5.41 Å². The van der Waals surface area contributed by atoms with Crippen molar-refractivity contribution in [2.24, 2.45) is 0 Å². The molecule has 29 heavy (non-hydrogen) atoms. The molecule has 3 aromatic carbocycles. The van der Waals surface area contributed by atoms with Crippen molar-refractivity contribution in [1.82, 2.24) is 9.97 Å². The van der Waals surface area contributed by atoms with E-state index in [0.717, 1.165) is 27.6 Å². The van der Waals surface area contributed by atoms with Gasteiger partial charge in [-0.25, -0.2) is 9.97 Å². The van der Waals surface area contributed by atoms with Gasteiger partial charge in [-0.3, -0.25) is 0 Å². The maximum absolute atomic E-state index is 4.78. The normalized spacial score (nSPS) is 15.1. The Hall–Kier alpha value is -2.60. The smallest absolute Gasteiger partial charge is 0.209 e. The molecule has 0 N–H and O–H groups in total. The predicted molar refractivity (Wildman–Crippen MR) is 116 cm³/mol. The average molecular weight is 491 g/mol. The standard InChI is InChI=1S/C25H22N3.HI/c1-25(2)18-8-4-7-11-23(18)28(3)24(25)15-13-17-12-14-21-22(16-17)27-20-10-6-5-9-19(20)26-21;/h4-16H,1-3H3;1H/q+1;/p-1. The molecule has 1 aliphatic heterocycles. The Kier molecular flexibility index (Phi) is 4.99. The van der Waals surface area contributed by atoms with Gasteiger partial charge in [-0.2, -0.15) is 4.58 Å². The summed E-state index contributed by atoms with van der Waals surface area (Å²) in [6, 6.07) is 22.9. The van der Waals surface area contributed by atoms with E-state index >= 15 is 0 Å². The summed E-state index contributed by atoms with van der Waals surface area (Å²) in [6.07, 6.45) is 4.41. The lowest BCUT2D eigenvalue weighted by atomic mass is 9.81. The van der Waals surface area contributed by atoms with Crippen LogP contribution >= 0.6 is 0 Å². The van der Waals surface area contributed by atoms with Gasteiger partial charge < -0.3 is 24.0 Å². The van der Waals surface area contributed by atoms with E-state index in [0.29, 0.717) is 0 Å². The van der Waals surface area contributed by atoms with Gasteiger partial charge in [0.05, 0.1) is 27.5 Å². The SMILES string of the molecule is C[N+]1=C(/C=C/c2ccc3nc4ccccc4nc3c2)C(C)(C)c2ccccc21.[I-]. The molecule has 0 saturated carbocycles. The van der Waals surface area contributed by atoms with Crippen LogP contribution in [0.3, 0.4) is 0 Å². The van der Waals surface area contributed by atoms with Crippen LogP contribution in [0.2, 0.25) is 0 Å². The predicted octanol–water partition coefficient (Wildman–Crippen LogP) is 2.51. The van der Waals surface area contributed by atoms with E-state index in [9.17, 15) is 0 Å². The molecule has 0 fully saturated rings. The Bertz CT molecular complexity index is 1300. The topological polar surface area (TPSA) is 28.8 Å². The quantitative estimate of drug-likeness (QED) is 0.245. The molecule has 1 aromatic heterocycles. The highest BCUT2D eigenvalue weighted by Gasteiger charge is 2.42. The molecule has 4 aromatic rings. The number of aromatic nitrogens is 2. The van der Waals surface area contributed by atoms with Gasteiger partial charge in [0.2, 0.25) is 5.69 Å². The van der Waals surface area contributed by atoms with E-state index in [2.05, 4.69) is 80.1 Å². The van der Waals surface area contributed by atoms with Gasteiger partial charge in [-0.1, -0.05) is 36.4 Å². The molecular weight excluding hydrogens is 469 g/mol. The Morgan fingerprint density at radius 3 is 2.10 bits per heavy atom. The molecule has 0 amide bonds. The van der Waals surface area contributed by atoms with Gasteiger partial charge in [0.1, 0.15) is 7.05 Å². The number of benzene rings is 3. The number of fused-ring (bicyclic) bond motifs is 3. The second-order valence-corrected chi connectivity index (χ2v) is 7.88. The summed E-state index contributed by atoms with van der Waals surface area (Å²) >= 11 is 0. The number of hydrogen-bond donors (Lipinski definition) is 0. The number of para-hydroxylation sites is 3. The largest absolute Gasteiger partial charge is 1.00 e. The monoisotopic (exact) mass is 491 g/mol. The third-order valence-electron chi connectivity index (χ3n) is 5.74. The lowest BCUT2D eigenvalue weighted by molar-refractivity contribution is -0.401. The molecule has 4 heteroatoms. The second-order valence-electron chi connectivity index (χ2n) is 7.88. The highest BCUT2D eigenvalue weighted by molar-refractivity contribution is 6.05. The molecule has 0 saturated heterocycles. The first-order chi connectivity index (χ1) is 13.5. The van der Waals surface area contributed by atoms with Gasteiger partial charge in [0, 0.05) is 17.7 Å². The lowest BCUT2D eigenvalue weighted by Crippen LogP contribution is -3.00. The minimum atomic E-state index is -0.0191. The molecule has 144 valence electrons. The Balaban J connectivity index is 0.00000205. The fraction of sp³-hybridized carbons (Fsp3) is 0.160. The molecule has 0 bridgehead atoms. The van der Waals surface area contributed by atoms with E-state index in [-0.39, 0.29) is 29.4 Å². The fourth-order valence-electron chi connectivity index (χ4n) is 4.22. The molecule has 0 aliphatic carbocycles. The van der Waals surface area contributed by atoms with Crippen LogP contribution in [0, 0.1) is 0 Å². The van der Waals surface area contributed by atoms with Crippen LogP contribution in [0.25, 0.3) is 28.1 Å². The van der Waals surface area contributed by atoms with Crippen molar-refractivity contribution in [3.8, 4) is 0 Å². The number of halogens is 1. The average Bonchev–Trinajstić information content (AvgIpc) is 2.90. The Morgan fingerprint density at radius 2 is 1.38 bits per heavy atom. The maximum atomic E-state index is 4.78. The summed E-state index contributed by atoms with van der Waals surface area (Å²) in [4.78, 5) is 9.50. The molecule has 0 radical (unpaired) electrons. The van der Waals surface area contributed by atoms with Gasteiger partial charge in [0.15, 0.2) is 5.71 Å². The van der Waals surface area contributed by atoms with Crippen molar-refractivity contribution in [3.05, 3.63) is 83.9 Å². The Labute approximate surface area is 187 Å². The summed E-state index contributed by atoms with van der Waals surface area (Å²) in [6.45, 7) is 4.57. The zero-order chi connectivity index (χ0) is 19.3. The van der Waals surface area contributed by atoms with Crippen LogP contribution < -0.4 is 24.0 Å².